The van der Waals surface area contributed by atoms with Crippen molar-refractivity contribution in [2.75, 3.05) is 5.32 Å². The summed E-state index contributed by atoms with van der Waals surface area (Å²) in [5, 5.41) is 4.04. The number of hydrogen-bond donors (Lipinski definition) is 1. The number of pyridine rings is 1. The molecule has 0 saturated heterocycles. The second-order valence-electron chi connectivity index (χ2n) is 5.07. The summed E-state index contributed by atoms with van der Waals surface area (Å²) >= 11 is 1.35. The van der Waals surface area contributed by atoms with Crippen LogP contribution in [-0.4, -0.2) is 16.1 Å². The van der Waals surface area contributed by atoms with Crippen LogP contribution in [0.3, 0.4) is 0 Å². The molecule has 116 valence electrons. The molecular weight excluding hydrogens is 311 g/mol. The van der Waals surface area contributed by atoms with Crippen molar-refractivity contribution in [2.24, 2.45) is 0 Å². The number of anilines is 1. The SMILES string of the molecule is C[C@H](Sc1ccc2ccccc2n1)C(=O)Nc1ccccc1F. The number of benzene rings is 2. The minimum atomic E-state index is -0.443. The monoisotopic (exact) mass is 326 g/mol. The van der Waals surface area contributed by atoms with Gasteiger partial charge in [-0.15, -0.1) is 0 Å². The second-order valence-corrected chi connectivity index (χ2v) is 6.43. The van der Waals surface area contributed by atoms with Crippen LogP contribution < -0.4 is 5.32 Å². The van der Waals surface area contributed by atoms with Gasteiger partial charge in [-0.05, 0) is 31.2 Å². The van der Waals surface area contributed by atoms with Crippen LogP contribution in [0.1, 0.15) is 6.92 Å². The Kier molecular flexibility index (Phi) is 4.57. The summed E-state index contributed by atoms with van der Waals surface area (Å²) in [5.74, 6) is -0.697. The van der Waals surface area contributed by atoms with Crippen LogP contribution in [0.5, 0.6) is 0 Å². The zero-order chi connectivity index (χ0) is 16.2. The molecule has 23 heavy (non-hydrogen) atoms. The van der Waals surface area contributed by atoms with Crippen molar-refractivity contribution in [2.45, 2.75) is 17.2 Å². The maximum absolute atomic E-state index is 13.6. The van der Waals surface area contributed by atoms with Gasteiger partial charge in [-0.3, -0.25) is 4.79 Å². The Morgan fingerprint density at radius 1 is 1.09 bits per heavy atom. The lowest BCUT2D eigenvalue weighted by Gasteiger charge is -2.12. The van der Waals surface area contributed by atoms with E-state index >= 15 is 0 Å². The van der Waals surface area contributed by atoms with Gasteiger partial charge in [0.25, 0.3) is 0 Å². The van der Waals surface area contributed by atoms with Gasteiger partial charge in [-0.1, -0.05) is 48.2 Å². The Morgan fingerprint density at radius 3 is 2.65 bits per heavy atom. The Morgan fingerprint density at radius 2 is 1.83 bits per heavy atom. The van der Waals surface area contributed by atoms with Crippen LogP contribution in [0.4, 0.5) is 10.1 Å². The Bertz CT molecular complexity index is 853. The molecule has 1 atom stereocenters. The van der Waals surface area contributed by atoms with Crippen LogP contribution in [0, 0.1) is 5.82 Å². The van der Waals surface area contributed by atoms with Crippen LogP contribution in [0.25, 0.3) is 10.9 Å². The van der Waals surface area contributed by atoms with Crippen molar-refractivity contribution in [3.63, 3.8) is 0 Å². The molecule has 2 aromatic carbocycles. The first kappa shape index (κ1) is 15.5. The first-order valence-corrected chi connectivity index (χ1v) is 8.09. The molecule has 0 aliphatic heterocycles. The lowest BCUT2D eigenvalue weighted by atomic mass is 10.2. The lowest BCUT2D eigenvalue weighted by molar-refractivity contribution is -0.115. The van der Waals surface area contributed by atoms with Gasteiger partial charge in [0.2, 0.25) is 5.91 Å². The molecule has 0 aliphatic rings. The maximum atomic E-state index is 13.6. The average molecular weight is 326 g/mol. The van der Waals surface area contributed by atoms with Crippen LogP contribution in [-0.2, 0) is 4.79 Å². The maximum Gasteiger partial charge on any atom is 0.237 e. The number of amides is 1. The van der Waals surface area contributed by atoms with E-state index in [2.05, 4.69) is 10.3 Å². The van der Waals surface area contributed by atoms with Crippen molar-refractivity contribution in [1.82, 2.24) is 4.98 Å². The van der Waals surface area contributed by atoms with E-state index in [1.807, 2.05) is 36.4 Å². The van der Waals surface area contributed by atoms with E-state index in [0.29, 0.717) is 0 Å². The van der Waals surface area contributed by atoms with Gasteiger partial charge >= 0.3 is 0 Å². The molecule has 1 N–H and O–H groups in total. The standard InChI is InChI=1S/C18H15FN2OS/c1-12(18(22)21-16-9-5-3-7-14(16)19)23-17-11-10-13-6-2-4-8-15(13)20-17/h2-12H,1H3,(H,21,22)/t12-/m0/s1. The highest BCUT2D eigenvalue weighted by Gasteiger charge is 2.16. The van der Waals surface area contributed by atoms with E-state index in [9.17, 15) is 9.18 Å². The highest BCUT2D eigenvalue weighted by atomic mass is 32.2. The molecule has 0 fully saturated rings. The highest BCUT2D eigenvalue weighted by Crippen LogP contribution is 2.25. The zero-order valence-electron chi connectivity index (χ0n) is 12.5. The molecule has 0 spiro atoms. The molecule has 3 rings (SSSR count). The number of nitrogens with zero attached hydrogens (tertiary/aromatic N) is 1. The van der Waals surface area contributed by atoms with E-state index < -0.39 is 5.82 Å². The van der Waals surface area contributed by atoms with E-state index in [-0.39, 0.29) is 16.8 Å². The van der Waals surface area contributed by atoms with Crippen molar-refractivity contribution in [1.29, 1.82) is 0 Å². The third-order valence-corrected chi connectivity index (χ3v) is 4.41. The molecule has 0 radical (unpaired) electrons. The van der Waals surface area contributed by atoms with Crippen molar-refractivity contribution < 1.29 is 9.18 Å². The molecule has 1 aromatic heterocycles. The fraction of sp³-hybridized carbons (Fsp3) is 0.111. The number of aromatic nitrogens is 1. The molecule has 1 amide bonds. The number of hydrogen-bond acceptors (Lipinski definition) is 3. The van der Waals surface area contributed by atoms with E-state index in [4.69, 9.17) is 0 Å². The number of carbonyl (C=O) groups excluding carboxylic acids is 1. The third-order valence-electron chi connectivity index (χ3n) is 3.37. The van der Waals surface area contributed by atoms with Gasteiger partial charge < -0.3 is 5.32 Å². The summed E-state index contributed by atoms with van der Waals surface area (Å²) in [6, 6.07) is 17.8. The zero-order valence-corrected chi connectivity index (χ0v) is 13.3. The number of nitrogens with one attached hydrogen (secondary N) is 1. The summed E-state index contributed by atoms with van der Waals surface area (Å²) in [6.07, 6.45) is 0. The number of para-hydroxylation sites is 2. The first-order valence-electron chi connectivity index (χ1n) is 7.21. The number of thioether (sulfide) groups is 1. The normalized spacial score (nSPS) is 12.1. The molecule has 0 unspecified atom stereocenters. The van der Waals surface area contributed by atoms with Crippen molar-refractivity contribution in [3.8, 4) is 0 Å². The second kappa shape index (κ2) is 6.79. The Labute approximate surface area is 137 Å². The molecule has 0 aliphatic carbocycles. The predicted octanol–water partition coefficient (Wildman–Crippen LogP) is 4.49. The number of carbonyl (C=O) groups is 1. The molecular formula is C18H15FN2OS. The van der Waals surface area contributed by atoms with E-state index in [0.717, 1.165) is 15.9 Å². The Balaban J connectivity index is 1.71. The molecule has 3 aromatic rings. The summed E-state index contributed by atoms with van der Waals surface area (Å²) in [4.78, 5) is 16.7. The van der Waals surface area contributed by atoms with Crippen LogP contribution in [0.2, 0.25) is 0 Å². The number of fused-ring (bicyclic) bond motifs is 1. The van der Waals surface area contributed by atoms with Gasteiger partial charge in [0, 0.05) is 5.39 Å². The van der Waals surface area contributed by atoms with Crippen LogP contribution in [0.15, 0.2) is 65.7 Å². The average Bonchev–Trinajstić information content (AvgIpc) is 2.56. The molecule has 0 bridgehead atoms. The quantitative estimate of drug-likeness (QED) is 0.718. The number of halogens is 1. The van der Waals surface area contributed by atoms with Crippen molar-refractivity contribution >= 4 is 34.3 Å². The highest BCUT2D eigenvalue weighted by molar-refractivity contribution is 8.00. The van der Waals surface area contributed by atoms with E-state index in [1.165, 1.54) is 17.8 Å². The summed E-state index contributed by atoms with van der Waals surface area (Å²) < 4.78 is 13.6. The van der Waals surface area contributed by atoms with Gasteiger partial charge in [-0.25, -0.2) is 9.37 Å². The van der Waals surface area contributed by atoms with Crippen molar-refractivity contribution in [3.05, 3.63) is 66.5 Å². The molecule has 3 nitrogen and oxygen atoms in total. The lowest BCUT2D eigenvalue weighted by Crippen LogP contribution is -2.23. The summed E-state index contributed by atoms with van der Waals surface area (Å²) in [6.45, 7) is 1.78. The smallest absolute Gasteiger partial charge is 0.237 e. The predicted molar refractivity (Wildman–Crippen MR) is 92.1 cm³/mol. The minimum absolute atomic E-state index is 0.191. The fourth-order valence-electron chi connectivity index (χ4n) is 2.14. The summed E-state index contributed by atoms with van der Waals surface area (Å²) in [7, 11) is 0. The van der Waals surface area contributed by atoms with Gasteiger partial charge in [0.1, 0.15) is 5.82 Å². The van der Waals surface area contributed by atoms with Gasteiger partial charge in [-0.2, -0.15) is 0 Å². The first-order chi connectivity index (χ1) is 11.1. The molecule has 0 saturated carbocycles. The Hall–Kier alpha value is -2.40. The molecule has 5 heteroatoms. The topological polar surface area (TPSA) is 42.0 Å². The van der Waals surface area contributed by atoms with E-state index in [1.54, 1.807) is 25.1 Å². The largest absolute Gasteiger partial charge is 0.323 e. The minimum Gasteiger partial charge on any atom is -0.323 e. The molecule has 1 heterocycles. The van der Waals surface area contributed by atoms with Gasteiger partial charge in [0.15, 0.2) is 0 Å². The van der Waals surface area contributed by atoms with Crippen LogP contribution >= 0.6 is 11.8 Å². The summed E-state index contributed by atoms with van der Waals surface area (Å²) in [5.41, 5.74) is 1.08. The number of rotatable bonds is 4. The van der Waals surface area contributed by atoms with Gasteiger partial charge in [0.05, 0.1) is 21.5 Å². The third kappa shape index (κ3) is 3.68. The fourth-order valence-corrected chi connectivity index (χ4v) is 2.97.